The van der Waals surface area contributed by atoms with Crippen molar-refractivity contribution in [2.45, 2.75) is 32.6 Å². The summed E-state index contributed by atoms with van der Waals surface area (Å²) in [6.45, 7) is 4.64. The lowest BCUT2D eigenvalue weighted by atomic mass is 10.3. The van der Waals surface area contributed by atoms with E-state index in [2.05, 4.69) is 35.0 Å². The molecule has 1 saturated heterocycles. The second kappa shape index (κ2) is 4.65. The molecular weight excluding hydrogens is 228 g/mol. The van der Waals surface area contributed by atoms with Gasteiger partial charge >= 0.3 is 0 Å². The summed E-state index contributed by atoms with van der Waals surface area (Å²) in [5.41, 5.74) is 2.54. The van der Waals surface area contributed by atoms with Gasteiger partial charge in [-0.1, -0.05) is 6.92 Å². The van der Waals surface area contributed by atoms with Gasteiger partial charge in [-0.15, -0.1) is 11.3 Å². The number of hydrogen-bond donors (Lipinski definition) is 0. The minimum atomic E-state index is 1.11. The molecule has 1 aromatic heterocycles. The van der Waals surface area contributed by atoms with Crippen LogP contribution in [0.2, 0.25) is 0 Å². The Morgan fingerprint density at radius 3 is 2.88 bits per heavy atom. The minimum absolute atomic E-state index is 1.11. The summed E-state index contributed by atoms with van der Waals surface area (Å²) in [5, 5.41) is 1.28. The van der Waals surface area contributed by atoms with Gasteiger partial charge in [0.15, 0.2) is 0 Å². The average molecular weight is 246 g/mol. The molecule has 2 heterocycles. The Kier molecular flexibility index (Phi) is 3.02. The van der Waals surface area contributed by atoms with Crippen molar-refractivity contribution in [3.05, 3.63) is 23.2 Å². The Bertz CT molecular complexity index is 512. The van der Waals surface area contributed by atoms with Crippen LogP contribution in [-0.2, 0) is 6.42 Å². The largest absolute Gasteiger partial charge is 0.371 e. The van der Waals surface area contributed by atoms with Crippen LogP contribution >= 0.6 is 11.3 Å². The highest BCUT2D eigenvalue weighted by Crippen LogP contribution is 2.29. The number of fused-ring (bicyclic) bond motifs is 1. The Balaban J connectivity index is 1.94. The van der Waals surface area contributed by atoms with E-state index in [1.165, 1.54) is 53.3 Å². The predicted octanol–water partition coefficient (Wildman–Crippen LogP) is 3.85. The Morgan fingerprint density at radius 2 is 2.12 bits per heavy atom. The van der Waals surface area contributed by atoms with E-state index in [1.807, 2.05) is 11.3 Å². The van der Waals surface area contributed by atoms with Crippen molar-refractivity contribution in [1.82, 2.24) is 4.98 Å². The summed E-state index contributed by atoms with van der Waals surface area (Å²) >= 11 is 1.86. The molecule has 0 unspecified atom stereocenters. The van der Waals surface area contributed by atoms with E-state index in [0.717, 1.165) is 6.42 Å². The number of benzene rings is 1. The first kappa shape index (κ1) is 11.0. The first-order valence-electron chi connectivity index (χ1n) is 6.51. The van der Waals surface area contributed by atoms with E-state index in [1.54, 1.807) is 0 Å². The molecule has 2 aromatic rings. The van der Waals surface area contributed by atoms with E-state index in [0.29, 0.717) is 0 Å². The molecule has 0 bridgehead atoms. The number of aryl methyl sites for hydroxylation is 1. The maximum atomic E-state index is 4.67. The summed E-state index contributed by atoms with van der Waals surface area (Å²) in [6, 6.07) is 6.72. The first-order chi connectivity index (χ1) is 8.36. The van der Waals surface area contributed by atoms with E-state index in [9.17, 15) is 0 Å². The predicted molar refractivity (Wildman–Crippen MR) is 75.1 cm³/mol. The maximum Gasteiger partial charge on any atom is 0.0938 e. The molecule has 0 spiro atoms. The summed E-state index contributed by atoms with van der Waals surface area (Å²) in [4.78, 5) is 7.15. The average Bonchev–Trinajstić information content (AvgIpc) is 2.96. The molecule has 0 radical (unpaired) electrons. The lowest BCUT2D eigenvalue weighted by Gasteiger charge is -2.16. The molecular formula is C14H18N2S. The third kappa shape index (κ3) is 2.16. The smallest absolute Gasteiger partial charge is 0.0938 e. The van der Waals surface area contributed by atoms with Crippen molar-refractivity contribution in [1.29, 1.82) is 0 Å². The molecule has 0 atom stereocenters. The van der Waals surface area contributed by atoms with Crippen LogP contribution in [0.4, 0.5) is 5.69 Å². The summed E-state index contributed by atoms with van der Waals surface area (Å²) in [5.74, 6) is 0. The van der Waals surface area contributed by atoms with Crippen LogP contribution in [0, 0.1) is 0 Å². The number of aromatic nitrogens is 1. The van der Waals surface area contributed by atoms with Gasteiger partial charge in [-0.25, -0.2) is 4.98 Å². The van der Waals surface area contributed by atoms with Gasteiger partial charge in [0.05, 0.1) is 15.2 Å². The van der Waals surface area contributed by atoms with E-state index >= 15 is 0 Å². The van der Waals surface area contributed by atoms with E-state index < -0.39 is 0 Å². The molecule has 1 aliphatic heterocycles. The van der Waals surface area contributed by atoms with Gasteiger partial charge in [0.25, 0.3) is 0 Å². The fraction of sp³-hybridized carbons (Fsp3) is 0.500. The molecule has 0 aliphatic carbocycles. The van der Waals surface area contributed by atoms with Gasteiger partial charge in [0, 0.05) is 18.8 Å². The zero-order chi connectivity index (χ0) is 11.7. The second-order valence-electron chi connectivity index (χ2n) is 4.70. The third-order valence-corrected chi connectivity index (χ3v) is 4.43. The van der Waals surface area contributed by atoms with Crippen LogP contribution < -0.4 is 4.90 Å². The van der Waals surface area contributed by atoms with Gasteiger partial charge in [-0.2, -0.15) is 0 Å². The van der Waals surface area contributed by atoms with Crippen molar-refractivity contribution >= 4 is 27.2 Å². The molecule has 0 saturated carbocycles. The van der Waals surface area contributed by atoms with Crippen LogP contribution in [0.3, 0.4) is 0 Å². The lowest BCUT2D eigenvalue weighted by molar-refractivity contribution is 0.913. The highest BCUT2D eigenvalue weighted by molar-refractivity contribution is 7.18. The summed E-state index contributed by atoms with van der Waals surface area (Å²) in [6.07, 6.45) is 4.96. The molecule has 2 nitrogen and oxygen atoms in total. The maximum absolute atomic E-state index is 4.67. The molecule has 1 aromatic carbocycles. The van der Waals surface area contributed by atoms with Crippen molar-refractivity contribution in [2.24, 2.45) is 0 Å². The fourth-order valence-electron chi connectivity index (χ4n) is 2.45. The van der Waals surface area contributed by atoms with Gasteiger partial charge in [0.2, 0.25) is 0 Å². The Hall–Kier alpha value is -1.09. The number of hydrogen-bond acceptors (Lipinski definition) is 3. The van der Waals surface area contributed by atoms with E-state index in [-0.39, 0.29) is 0 Å². The summed E-state index contributed by atoms with van der Waals surface area (Å²) in [7, 11) is 0. The highest BCUT2D eigenvalue weighted by Gasteiger charge is 2.13. The van der Waals surface area contributed by atoms with Crippen molar-refractivity contribution in [3.8, 4) is 0 Å². The molecule has 17 heavy (non-hydrogen) atoms. The van der Waals surface area contributed by atoms with Crippen molar-refractivity contribution in [3.63, 3.8) is 0 Å². The second-order valence-corrected chi connectivity index (χ2v) is 5.82. The van der Waals surface area contributed by atoms with Crippen LogP contribution in [0.15, 0.2) is 18.2 Å². The minimum Gasteiger partial charge on any atom is -0.371 e. The molecule has 0 amide bonds. The van der Waals surface area contributed by atoms with Gasteiger partial charge in [-0.3, -0.25) is 0 Å². The molecule has 3 heteroatoms. The van der Waals surface area contributed by atoms with Gasteiger partial charge in [-0.05, 0) is 43.9 Å². The van der Waals surface area contributed by atoms with Crippen molar-refractivity contribution in [2.75, 3.05) is 18.0 Å². The van der Waals surface area contributed by atoms with Crippen LogP contribution in [0.1, 0.15) is 31.2 Å². The first-order valence-corrected chi connectivity index (χ1v) is 7.33. The number of nitrogens with zero attached hydrogens (tertiary/aromatic N) is 2. The van der Waals surface area contributed by atoms with Crippen LogP contribution in [0.5, 0.6) is 0 Å². The SMILES string of the molecule is CCCc1nc2ccc(N3CCCC3)cc2s1. The van der Waals surface area contributed by atoms with E-state index in [4.69, 9.17) is 0 Å². The molecule has 0 N–H and O–H groups in total. The molecule has 90 valence electrons. The van der Waals surface area contributed by atoms with Crippen LogP contribution in [-0.4, -0.2) is 18.1 Å². The topological polar surface area (TPSA) is 16.1 Å². The third-order valence-electron chi connectivity index (χ3n) is 3.35. The monoisotopic (exact) mass is 246 g/mol. The summed E-state index contributed by atoms with van der Waals surface area (Å²) < 4.78 is 1.35. The van der Waals surface area contributed by atoms with Gasteiger partial charge < -0.3 is 4.90 Å². The molecule has 3 rings (SSSR count). The van der Waals surface area contributed by atoms with Crippen molar-refractivity contribution < 1.29 is 0 Å². The zero-order valence-electron chi connectivity index (χ0n) is 10.3. The number of thiazole rings is 1. The zero-order valence-corrected chi connectivity index (χ0v) is 11.1. The Morgan fingerprint density at radius 1 is 1.29 bits per heavy atom. The quantitative estimate of drug-likeness (QED) is 0.817. The van der Waals surface area contributed by atoms with Gasteiger partial charge in [0.1, 0.15) is 0 Å². The number of anilines is 1. The molecule has 1 aliphatic rings. The molecule has 1 fully saturated rings. The normalized spacial score (nSPS) is 15.9. The standard InChI is InChI=1S/C14H18N2S/c1-2-5-14-15-12-7-6-11(10-13(12)17-14)16-8-3-4-9-16/h6-7,10H,2-5,8-9H2,1H3. The highest BCUT2D eigenvalue weighted by atomic mass is 32.1. The Labute approximate surface area is 106 Å². The number of rotatable bonds is 3. The van der Waals surface area contributed by atoms with Crippen LogP contribution in [0.25, 0.3) is 10.2 Å². The lowest BCUT2D eigenvalue weighted by Crippen LogP contribution is -2.17. The fourth-order valence-corrected chi connectivity index (χ4v) is 3.56.